The molecule has 0 saturated heterocycles. The molecule has 1 aromatic heterocycles. The molecule has 0 unspecified atom stereocenters. The highest BCUT2D eigenvalue weighted by Crippen LogP contribution is 2.41. The zero-order valence-electron chi connectivity index (χ0n) is 8.95. The topological polar surface area (TPSA) is 82.3 Å². The molecule has 0 saturated carbocycles. The Morgan fingerprint density at radius 3 is 2.35 bits per heavy atom. The number of halogens is 6. The van der Waals surface area contributed by atoms with E-state index in [1.165, 1.54) is 0 Å². The molecule has 20 heavy (non-hydrogen) atoms. The van der Waals surface area contributed by atoms with Crippen molar-refractivity contribution < 1.29 is 36.4 Å². The van der Waals surface area contributed by atoms with Gasteiger partial charge in [-0.05, 0) is 11.6 Å². The number of nitrogens with zero attached hydrogens (tertiary/aromatic N) is 2. The first-order valence-corrected chi connectivity index (χ1v) is 4.83. The van der Waals surface area contributed by atoms with Crippen LogP contribution in [0.25, 0.3) is 0 Å². The van der Waals surface area contributed by atoms with E-state index in [1.807, 2.05) is 0 Å². The molecule has 0 bridgehead atoms. The van der Waals surface area contributed by atoms with Gasteiger partial charge in [-0.25, -0.2) is 13.8 Å². The predicted molar refractivity (Wildman–Crippen MR) is 52.7 cm³/mol. The van der Waals surface area contributed by atoms with E-state index in [1.54, 1.807) is 0 Å². The average Bonchev–Trinajstić information content (AvgIpc) is 2.24. The Kier molecular flexibility index (Phi) is 4.43. The van der Waals surface area contributed by atoms with Gasteiger partial charge in [0.15, 0.2) is 0 Å². The van der Waals surface area contributed by atoms with Crippen LogP contribution in [0, 0.1) is 10.1 Å². The minimum Gasteiger partial charge on any atom is -0.398 e. The summed E-state index contributed by atoms with van der Waals surface area (Å²) in [7, 11) is 0. The van der Waals surface area contributed by atoms with Gasteiger partial charge in [-0.2, -0.15) is 0 Å². The van der Waals surface area contributed by atoms with Crippen LogP contribution in [0.4, 0.5) is 27.6 Å². The molecular weight excluding hydrogens is 319 g/mol. The second-order valence-corrected chi connectivity index (χ2v) is 3.46. The molecule has 0 aliphatic heterocycles. The SMILES string of the molecule is O=C(Cl)c1ncc([N+](=O)[O-])c(OC(F)(F)F)c1C(F)F. The molecular formula is C8H2ClF5N2O4. The maximum Gasteiger partial charge on any atom is 0.573 e. The van der Waals surface area contributed by atoms with E-state index in [0.29, 0.717) is 0 Å². The number of ether oxygens (including phenoxy) is 1. The largest absolute Gasteiger partial charge is 0.573 e. The molecule has 0 aliphatic carbocycles. The third-order valence-corrected chi connectivity index (χ3v) is 2.05. The van der Waals surface area contributed by atoms with Crippen molar-refractivity contribution in [2.45, 2.75) is 12.8 Å². The van der Waals surface area contributed by atoms with Crippen molar-refractivity contribution in [3.63, 3.8) is 0 Å². The van der Waals surface area contributed by atoms with Gasteiger partial charge < -0.3 is 4.74 Å². The zero-order chi connectivity index (χ0) is 15.7. The maximum atomic E-state index is 12.7. The number of aromatic nitrogens is 1. The van der Waals surface area contributed by atoms with Crippen molar-refractivity contribution in [2.75, 3.05) is 0 Å². The number of rotatable bonds is 4. The van der Waals surface area contributed by atoms with Crippen LogP contribution in [-0.2, 0) is 0 Å². The van der Waals surface area contributed by atoms with Crippen molar-refractivity contribution in [3.05, 3.63) is 27.6 Å². The van der Waals surface area contributed by atoms with Crippen LogP contribution in [0.15, 0.2) is 6.20 Å². The van der Waals surface area contributed by atoms with E-state index in [0.717, 1.165) is 0 Å². The Morgan fingerprint density at radius 2 is 2.00 bits per heavy atom. The molecule has 0 amide bonds. The second-order valence-electron chi connectivity index (χ2n) is 3.11. The molecule has 6 nitrogen and oxygen atoms in total. The number of pyridine rings is 1. The molecule has 0 N–H and O–H groups in total. The fourth-order valence-electron chi connectivity index (χ4n) is 1.21. The first-order chi connectivity index (χ1) is 9.04. The van der Waals surface area contributed by atoms with Crippen LogP contribution < -0.4 is 4.74 Å². The molecule has 0 radical (unpaired) electrons. The molecule has 1 heterocycles. The fraction of sp³-hybridized carbons (Fsp3) is 0.250. The van der Waals surface area contributed by atoms with E-state index < -0.39 is 45.6 Å². The molecule has 110 valence electrons. The molecule has 0 spiro atoms. The van der Waals surface area contributed by atoms with E-state index in [2.05, 4.69) is 9.72 Å². The van der Waals surface area contributed by atoms with Crippen LogP contribution in [-0.4, -0.2) is 21.5 Å². The fourth-order valence-corrected chi connectivity index (χ4v) is 1.36. The minimum absolute atomic E-state index is 0.169. The van der Waals surface area contributed by atoms with Crippen molar-refractivity contribution in [3.8, 4) is 5.75 Å². The standard InChI is InChI=1S/C8H2ClF5N2O4/c9-6(17)4-3(7(10)11)5(20-8(12,13)14)2(1-15-4)16(18)19/h1,7H. The average molecular weight is 321 g/mol. The van der Waals surface area contributed by atoms with Crippen molar-refractivity contribution in [1.82, 2.24) is 4.98 Å². The minimum atomic E-state index is -5.48. The maximum absolute atomic E-state index is 12.7. The lowest BCUT2D eigenvalue weighted by molar-refractivity contribution is -0.389. The van der Waals surface area contributed by atoms with Crippen molar-refractivity contribution in [2.24, 2.45) is 0 Å². The summed E-state index contributed by atoms with van der Waals surface area (Å²) in [6.07, 6.45) is -9.01. The third kappa shape index (κ3) is 3.50. The normalized spacial score (nSPS) is 11.6. The Bertz CT molecular complexity index is 563. The first kappa shape index (κ1) is 16.0. The predicted octanol–water partition coefficient (Wildman–Crippen LogP) is 3.21. The lowest BCUT2D eigenvalue weighted by atomic mass is 10.1. The lowest BCUT2D eigenvalue weighted by Gasteiger charge is -2.14. The van der Waals surface area contributed by atoms with Crippen molar-refractivity contribution >= 4 is 22.5 Å². The molecule has 0 aliphatic rings. The second kappa shape index (κ2) is 5.53. The summed E-state index contributed by atoms with van der Waals surface area (Å²) in [6.45, 7) is 0. The monoisotopic (exact) mass is 320 g/mol. The highest BCUT2D eigenvalue weighted by Gasteiger charge is 2.40. The van der Waals surface area contributed by atoms with Crippen LogP contribution in [0.1, 0.15) is 22.5 Å². The van der Waals surface area contributed by atoms with Crippen LogP contribution >= 0.6 is 11.6 Å². The van der Waals surface area contributed by atoms with Crippen LogP contribution in [0.3, 0.4) is 0 Å². The Hall–Kier alpha value is -2.04. The molecule has 0 aromatic carbocycles. The van der Waals surface area contributed by atoms with E-state index in [9.17, 15) is 36.9 Å². The highest BCUT2D eigenvalue weighted by atomic mass is 35.5. The Labute approximate surface area is 111 Å². The van der Waals surface area contributed by atoms with Gasteiger partial charge in [0, 0.05) is 0 Å². The number of carbonyl (C=O) groups is 1. The van der Waals surface area contributed by atoms with Crippen molar-refractivity contribution in [1.29, 1.82) is 0 Å². The van der Waals surface area contributed by atoms with Gasteiger partial charge in [-0.3, -0.25) is 14.9 Å². The molecule has 0 atom stereocenters. The summed E-state index contributed by atoms with van der Waals surface area (Å²) >= 11 is 4.89. The summed E-state index contributed by atoms with van der Waals surface area (Å²) < 4.78 is 65.1. The molecule has 12 heteroatoms. The molecule has 1 aromatic rings. The molecule has 0 fully saturated rings. The summed E-state index contributed by atoms with van der Waals surface area (Å²) in [5.41, 5.74) is -4.43. The number of alkyl halides is 5. The molecule has 1 rings (SSSR count). The van der Waals surface area contributed by atoms with Crippen LogP contribution in [0.5, 0.6) is 5.75 Å². The smallest absolute Gasteiger partial charge is 0.398 e. The van der Waals surface area contributed by atoms with Gasteiger partial charge in [0.1, 0.15) is 11.9 Å². The number of carbonyl (C=O) groups excluding carboxylic acids is 1. The van der Waals surface area contributed by atoms with E-state index >= 15 is 0 Å². The van der Waals surface area contributed by atoms with E-state index in [4.69, 9.17) is 11.6 Å². The summed E-state index contributed by atoms with van der Waals surface area (Å²) in [5.74, 6) is -1.82. The summed E-state index contributed by atoms with van der Waals surface area (Å²) in [4.78, 5) is 22.9. The first-order valence-electron chi connectivity index (χ1n) is 4.45. The number of hydrogen-bond acceptors (Lipinski definition) is 5. The van der Waals surface area contributed by atoms with Gasteiger partial charge in [-0.1, -0.05) is 0 Å². The van der Waals surface area contributed by atoms with E-state index in [-0.39, 0.29) is 6.20 Å². The lowest BCUT2D eigenvalue weighted by Crippen LogP contribution is -2.20. The Morgan fingerprint density at radius 1 is 1.45 bits per heavy atom. The van der Waals surface area contributed by atoms with Gasteiger partial charge in [0.05, 0.1) is 10.5 Å². The third-order valence-electron chi connectivity index (χ3n) is 1.87. The van der Waals surface area contributed by atoms with Gasteiger partial charge in [0.25, 0.3) is 11.7 Å². The quantitative estimate of drug-likeness (QED) is 0.368. The highest BCUT2D eigenvalue weighted by molar-refractivity contribution is 6.67. The van der Waals surface area contributed by atoms with Gasteiger partial charge in [0.2, 0.25) is 5.75 Å². The number of hydrogen-bond donors (Lipinski definition) is 0. The van der Waals surface area contributed by atoms with Gasteiger partial charge in [-0.15, -0.1) is 13.2 Å². The van der Waals surface area contributed by atoms with Gasteiger partial charge >= 0.3 is 12.0 Å². The zero-order valence-corrected chi connectivity index (χ0v) is 9.71. The van der Waals surface area contributed by atoms with Crippen LogP contribution in [0.2, 0.25) is 0 Å². The Balaban J connectivity index is 3.65. The summed E-state index contributed by atoms with van der Waals surface area (Å²) in [6, 6.07) is 0. The number of nitro groups is 1. The summed E-state index contributed by atoms with van der Waals surface area (Å²) in [5, 5.41) is 8.91.